The number of esters is 2. The predicted octanol–water partition coefficient (Wildman–Crippen LogP) is 3.60. The SMILES string of the molecule is CCOC(=O)c1c(COC(=O)[C@H]2COc3ccccc3O2)nc2ccccc2c1C. The molecule has 0 fully saturated rings. The number of para-hydroxylation sites is 3. The summed E-state index contributed by atoms with van der Waals surface area (Å²) in [7, 11) is 0. The highest BCUT2D eigenvalue weighted by atomic mass is 16.6. The molecule has 7 heteroatoms. The van der Waals surface area contributed by atoms with E-state index >= 15 is 0 Å². The third-order valence-electron chi connectivity index (χ3n) is 4.83. The van der Waals surface area contributed by atoms with E-state index in [0.29, 0.717) is 28.3 Å². The van der Waals surface area contributed by atoms with Crippen LogP contribution in [-0.2, 0) is 20.9 Å². The summed E-state index contributed by atoms with van der Waals surface area (Å²) in [5, 5.41) is 0.844. The summed E-state index contributed by atoms with van der Waals surface area (Å²) in [5.41, 5.74) is 2.10. The topological polar surface area (TPSA) is 84.0 Å². The van der Waals surface area contributed by atoms with Crippen molar-refractivity contribution >= 4 is 22.8 Å². The van der Waals surface area contributed by atoms with Gasteiger partial charge in [0, 0.05) is 5.39 Å². The first kappa shape index (κ1) is 19.7. The zero-order valence-electron chi connectivity index (χ0n) is 16.7. The monoisotopic (exact) mass is 407 g/mol. The molecule has 1 atom stereocenters. The molecule has 1 aliphatic heterocycles. The van der Waals surface area contributed by atoms with Crippen molar-refractivity contribution in [3.05, 3.63) is 65.4 Å². The van der Waals surface area contributed by atoms with E-state index in [1.165, 1.54) is 0 Å². The maximum absolute atomic E-state index is 12.6. The van der Waals surface area contributed by atoms with Crippen molar-refractivity contribution in [3.8, 4) is 11.5 Å². The molecule has 154 valence electrons. The number of pyridine rings is 1. The number of ether oxygens (including phenoxy) is 4. The third-order valence-corrected chi connectivity index (χ3v) is 4.83. The van der Waals surface area contributed by atoms with Gasteiger partial charge in [0.15, 0.2) is 11.5 Å². The Kier molecular flexibility index (Phi) is 5.52. The normalized spacial score (nSPS) is 14.9. The van der Waals surface area contributed by atoms with Gasteiger partial charge in [-0.05, 0) is 37.6 Å². The standard InChI is InChI=1S/C23H21NO6/c1-3-27-23(26)21-14(2)15-8-4-5-9-16(15)24-17(21)12-29-22(25)20-13-28-18-10-6-7-11-19(18)30-20/h4-11,20H,3,12-13H2,1-2H3/t20-/m1/s1. The molecule has 0 saturated heterocycles. The number of fused-ring (bicyclic) bond motifs is 2. The Bertz CT molecular complexity index is 1110. The molecule has 0 spiro atoms. The van der Waals surface area contributed by atoms with Crippen LogP contribution in [0.25, 0.3) is 10.9 Å². The molecule has 4 rings (SSSR count). The second kappa shape index (κ2) is 8.41. The highest BCUT2D eigenvalue weighted by molar-refractivity contribution is 5.98. The number of aryl methyl sites for hydroxylation is 1. The minimum Gasteiger partial charge on any atom is -0.485 e. The van der Waals surface area contributed by atoms with Crippen LogP contribution in [0.15, 0.2) is 48.5 Å². The molecule has 2 aromatic carbocycles. The Morgan fingerprint density at radius 3 is 2.60 bits per heavy atom. The summed E-state index contributed by atoms with van der Waals surface area (Å²) in [6.07, 6.45) is -0.896. The fourth-order valence-corrected chi connectivity index (χ4v) is 3.39. The number of hydrogen-bond acceptors (Lipinski definition) is 7. The fraction of sp³-hybridized carbons (Fsp3) is 0.261. The van der Waals surface area contributed by atoms with E-state index in [4.69, 9.17) is 18.9 Å². The Labute approximate surface area is 173 Å². The molecule has 2 heterocycles. The molecule has 0 bridgehead atoms. The smallest absolute Gasteiger partial charge is 0.351 e. The summed E-state index contributed by atoms with van der Waals surface area (Å²) in [4.78, 5) is 29.7. The van der Waals surface area contributed by atoms with Crippen LogP contribution < -0.4 is 9.47 Å². The molecule has 30 heavy (non-hydrogen) atoms. The highest BCUT2D eigenvalue weighted by Crippen LogP contribution is 2.31. The molecular formula is C23H21NO6. The molecule has 7 nitrogen and oxygen atoms in total. The molecule has 0 unspecified atom stereocenters. The summed E-state index contributed by atoms with van der Waals surface area (Å²) in [6.45, 7) is 3.66. The molecule has 0 aliphatic carbocycles. The lowest BCUT2D eigenvalue weighted by Crippen LogP contribution is -2.37. The van der Waals surface area contributed by atoms with Crippen LogP contribution in [0.3, 0.4) is 0 Å². The van der Waals surface area contributed by atoms with E-state index in [2.05, 4.69) is 4.98 Å². The maximum Gasteiger partial charge on any atom is 0.351 e. The largest absolute Gasteiger partial charge is 0.485 e. The van der Waals surface area contributed by atoms with Gasteiger partial charge in [0.25, 0.3) is 0 Å². The minimum atomic E-state index is -0.896. The Balaban J connectivity index is 1.56. The number of carbonyl (C=O) groups excluding carboxylic acids is 2. The number of benzene rings is 2. The van der Waals surface area contributed by atoms with Gasteiger partial charge in [0.05, 0.1) is 23.4 Å². The second-order valence-corrected chi connectivity index (χ2v) is 6.77. The van der Waals surface area contributed by atoms with Crippen molar-refractivity contribution in [2.75, 3.05) is 13.2 Å². The molecule has 0 amide bonds. The maximum atomic E-state index is 12.6. The first-order valence-electron chi connectivity index (χ1n) is 9.69. The van der Waals surface area contributed by atoms with Crippen LogP contribution in [0.5, 0.6) is 11.5 Å². The number of aromatic nitrogens is 1. The molecule has 0 N–H and O–H groups in total. The zero-order chi connectivity index (χ0) is 21.1. The van der Waals surface area contributed by atoms with Gasteiger partial charge < -0.3 is 18.9 Å². The van der Waals surface area contributed by atoms with E-state index < -0.39 is 18.0 Å². The van der Waals surface area contributed by atoms with Crippen LogP contribution in [0, 0.1) is 6.92 Å². The van der Waals surface area contributed by atoms with Crippen LogP contribution in [0.4, 0.5) is 0 Å². The zero-order valence-corrected chi connectivity index (χ0v) is 16.7. The number of nitrogens with zero attached hydrogens (tertiary/aromatic N) is 1. The van der Waals surface area contributed by atoms with Crippen molar-refractivity contribution in [1.29, 1.82) is 0 Å². The number of rotatable bonds is 5. The summed E-state index contributed by atoms with van der Waals surface area (Å²) >= 11 is 0. The highest BCUT2D eigenvalue weighted by Gasteiger charge is 2.29. The van der Waals surface area contributed by atoms with E-state index in [9.17, 15) is 9.59 Å². The van der Waals surface area contributed by atoms with E-state index in [-0.39, 0.29) is 19.8 Å². The molecule has 1 aliphatic rings. The lowest BCUT2D eigenvalue weighted by atomic mass is 10.0. The van der Waals surface area contributed by atoms with E-state index in [1.807, 2.05) is 37.3 Å². The van der Waals surface area contributed by atoms with Gasteiger partial charge in [0.1, 0.15) is 13.2 Å². The molecule has 1 aromatic heterocycles. The fourth-order valence-electron chi connectivity index (χ4n) is 3.39. The van der Waals surface area contributed by atoms with Gasteiger partial charge in [0.2, 0.25) is 6.10 Å². The van der Waals surface area contributed by atoms with Crippen molar-refractivity contribution in [1.82, 2.24) is 4.98 Å². The lowest BCUT2D eigenvalue weighted by Gasteiger charge is -2.25. The van der Waals surface area contributed by atoms with Gasteiger partial charge >= 0.3 is 11.9 Å². The summed E-state index contributed by atoms with van der Waals surface area (Å²) in [5.74, 6) is -0.0204. The van der Waals surface area contributed by atoms with Crippen molar-refractivity contribution in [3.63, 3.8) is 0 Å². The van der Waals surface area contributed by atoms with E-state index in [1.54, 1.807) is 25.1 Å². The van der Waals surface area contributed by atoms with Gasteiger partial charge in [-0.1, -0.05) is 30.3 Å². The van der Waals surface area contributed by atoms with Crippen LogP contribution >= 0.6 is 0 Å². The number of carbonyl (C=O) groups is 2. The average molecular weight is 407 g/mol. The van der Waals surface area contributed by atoms with Crippen molar-refractivity contribution in [2.45, 2.75) is 26.6 Å². The Hall–Kier alpha value is -3.61. The van der Waals surface area contributed by atoms with Crippen LogP contribution in [-0.4, -0.2) is 36.2 Å². The Morgan fingerprint density at radius 2 is 1.80 bits per heavy atom. The first-order chi connectivity index (χ1) is 14.6. The minimum absolute atomic E-state index is 0.0464. The van der Waals surface area contributed by atoms with E-state index in [0.717, 1.165) is 10.9 Å². The molecule has 0 radical (unpaired) electrons. The average Bonchev–Trinajstić information content (AvgIpc) is 2.77. The third kappa shape index (κ3) is 3.78. The van der Waals surface area contributed by atoms with Gasteiger partial charge in [-0.25, -0.2) is 14.6 Å². The van der Waals surface area contributed by atoms with Gasteiger partial charge in [-0.3, -0.25) is 0 Å². The summed E-state index contributed by atoms with van der Waals surface area (Å²) in [6, 6.07) is 14.6. The molecule has 0 saturated carbocycles. The van der Waals surface area contributed by atoms with Crippen LogP contribution in [0.2, 0.25) is 0 Å². The van der Waals surface area contributed by atoms with Gasteiger partial charge in [-0.2, -0.15) is 0 Å². The second-order valence-electron chi connectivity index (χ2n) is 6.77. The predicted molar refractivity (Wildman–Crippen MR) is 109 cm³/mol. The molecular weight excluding hydrogens is 386 g/mol. The lowest BCUT2D eigenvalue weighted by molar-refractivity contribution is -0.156. The Morgan fingerprint density at radius 1 is 1.07 bits per heavy atom. The number of hydrogen-bond donors (Lipinski definition) is 0. The van der Waals surface area contributed by atoms with Crippen molar-refractivity contribution in [2.24, 2.45) is 0 Å². The first-order valence-corrected chi connectivity index (χ1v) is 9.69. The van der Waals surface area contributed by atoms with Crippen LogP contribution in [0.1, 0.15) is 28.5 Å². The quantitative estimate of drug-likeness (QED) is 0.598. The van der Waals surface area contributed by atoms with Crippen molar-refractivity contribution < 1.29 is 28.5 Å². The van der Waals surface area contributed by atoms with Gasteiger partial charge in [-0.15, -0.1) is 0 Å². The molecule has 3 aromatic rings. The summed E-state index contributed by atoms with van der Waals surface area (Å²) < 4.78 is 21.9.